The van der Waals surface area contributed by atoms with E-state index in [1.807, 2.05) is 16.8 Å². The maximum absolute atomic E-state index is 5.35. The molecule has 1 saturated heterocycles. The summed E-state index contributed by atoms with van der Waals surface area (Å²) in [7, 11) is 0. The lowest BCUT2D eigenvalue weighted by Crippen LogP contribution is -1.99. The fourth-order valence-corrected chi connectivity index (χ4v) is 3.74. The third-order valence-electron chi connectivity index (χ3n) is 3.19. The van der Waals surface area contributed by atoms with E-state index < -0.39 is 0 Å². The van der Waals surface area contributed by atoms with Crippen molar-refractivity contribution in [1.29, 1.82) is 0 Å². The van der Waals surface area contributed by atoms with Crippen LogP contribution in [0.3, 0.4) is 0 Å². The van der Waals surface area contributed by atoms with Crippen LogP contribution in [0.15, 0.2) is 27.4 Å². The number of thiazole rings is 1. The molecule has 20 heavy (non-hydrogen) atoms. The molecular weight excluding hydrogens is 294 g/mol. The van der Waals surface area contributed by atoms with Crippen molar-refractivity contribution in [2.45, 2.75) is 12.3 Å². The average molecular weight is 305 g/mol. The Balaban J connectivity index is 1.61. The van der Waals surface area contributed by atoms with Gasteiger partial charge in [0, 0.05) is 17.9 Å². The first-order chi connectivity index (χ1) is 9.90. The Kier molecular flexibility index (Phi) is 3.10. The lowest BCUT2D eigenvalue weighted by atomic mass is 10.1. The standard InChI is InChI=1S/C13H11N3O2S2/c1-2-10(19-5-1)13-14-9(7-20-13)12-15-11(16-18-12)8-3-4-17-6-8/h1-2,5,7-8H,3-4,6H2/t8-/m0/s1. The molecule has 0 radical (unpaired) electrons. The second-order valence-corrected chi connectivity index (χ2v) is 6.34. The van der Waals surface area contributed by atoms with Gasteiger partial charge in [0.05, 0.1) is 11.5 Å². The number of thiophene rings is 1. The van der Waals surface area contributed by atoms with Crippen LogP contribution in [-0.2, 0) is 4.74 Å². The van der Waals surface area contributed by atoms with Crippen molar-refractivity contribution in [3.63, 3.8) is 0 Å². The van der Waals surface area contributed by atoms with Crippen molar-refractivity contribution >= 4 is 22.7 Å². The van der Waals surface area contributed by atoms with E-state index in [-0.39, 0.29) is 5.92 Å². The van der Waals surface area contributed by atoms with E-state index in [9.17, 15) is 0 Å². The van der Waals surface area contributed by atoms with Gasteiger partial charge in [0.1, 0.15) is 10.7 Å². The number of rotatable bonds is 3. The van der Waals surface area contributed by atoms with Gasteiger partial charge in [-0.3, -0.25) is 0 Å². The lowest BCUT2D eigenvalue weighted by molar-refractivity contribution is 0.192. The van der Waals surface area contributed by atoms with Crippen LogP contribution >= 0.6 is 22.7 Å². The highest BCUT2D eigenvalue weighted by Gasteiger charge is 2.24. The quantitative estimate of drug-likeness (QED) is 0.742. The summed E-state index contributed by atoms with van der Waals surface area (Å²) in [5.41, 5.74) is 0.746. The summed E-state index contributed by atoms with van der Waals surface area (Å²) >= 11 is 3.27. The molecule has 0 spiro atoms. The molecule has 4 rings (SSSR count). The predicted molar refractivity (Wildman–Crippen MR) is 76.9 cm³/mol. The molecule has 0 bridgehead atoms. The van der Waals surface area contributed by atoms with Crippen molar-refractivity contribution in [3.8, 4) is 21.5 Å². The first kappa shape index (κ1) is 12.2. The summed E-state index contributed by atoms with van der Waals surface area (Å²) < 4.78 is 10.7. The second-order valence-electron chi connectivity index (χ2n) is 4.53. The minimum absolute atomic E-state index is 0.253. The fraction of sp³-hybridized carbons (Fsp3) is 0.308. The first-order valence-corrected chi connectivity index (χ1v) is 8.07. The van der Waals surface area contributed by atoms with Crippen LogP contribution in [0.2, 0.25) is 0 Å². The minimum Gasteiger partial charge on any atom is -0.381 e. The van der Waals surface area contributed by atoms with Crippen molar-refractivity contribution in [2.75, 3.05) is 13.2 Å². The highest BCUT2D eigenvalue weighted by molar-refractivity contribution is 7.20. The van der Waals surface area contributed by atoms with Gasteiger partial charge >= 0.3 is 0 Å². The summed E-state index contributed by atoms with van der Waals surface area (Å²) in [5.74, 6) is 1.47. The molecule has 0 saturated carbocycles. The van der Waals surface area contributed by atoms with Gasteiger partial charge in [-0.15, -0.1) is 22.7 Å². The van der Waals surface area contributed by atoms with Crippen LogP contribution in [0.4, 0.5) is 0 Å². The minimum atomic E-state index is 0.253. The third kappa shape index (κ3) is 2.17. The molecule has 0 aromatic carbocycles. The summed E-state index contributed by atoms with van der Waals surface area (Å²) in [6.45, 7) is 1.45. The van der Waals surface area contributed by atoms with Crippen LogP contribution in [0.1, 0.15) is 18.2 Å². The largest absolute Gasteiger partial charge is 0.381 e. The molecule has 5 nitrogen and oxygen atoms in total. The van der Waals surface area contributed by atoms with E-state index >= 15 is 0 Å². The molecule has 3 aromatic heterocycles. The van der Waals surface area contributed by atoms with Crippen molar-refractivity contribution in [1.82, 2.24) is 15.1 Å². The average Bonchev–Trinajstić information content (AvgIpc) is 3.22. The molecule has 0 N–H and O–H groups in total. The van der Waals surface area contributed by atoms with Crippen molar-refractivity contribution in [2.24, 2.45) is 0 Å². The van der Waals surface area contributed by atoms with Crippen molar-refractivity contribution < 1.29 is 9.26 Å². The van der Waals surface area contributed by atoms with Crippen LogP contribution in [0, 0.1) is 0 Å². The molecule has 102 valence electrons. The first-order valence-electron chi connectivity index (χ1n) is 6.31. The van der Waals surface area contributed by atoms with Crippen LogP contribution in [0.25, 0.3) is 21.5 Å². The van der Waals surface area contributed by atoms with Gasteiger partial charge in [-0.1, -0.05) is 11.2 Å². The molecule has 4 heterocycles. The third-order valence-corrected chi connectivity index (χ3v) is 5.07. The Morgan fingerprint density at radius 1 is 1.25 bits per heavy atom. The maximum Gasteiger partial charge on any atom is 0.277 e. The summed E-state index contributed by atoms with van der Waals surface area (Å²) in [5, 5.41) is 9.03. The topological polar surface area (TPSA) is 61.0 Å². The molecule has 1 aliphatic heterocycles. The van der Waals surface area contributed by atoms with Gasteiger partial charge in [0.15, 0.2) is 5.82 Å². The summed E-state index contributed by atoms with van der Waals surface area (Å²) in [6.07, 6.45) is 0.955. The highest BCUT2D eigenvalue weighted by atomic mass is 32.1. The van der Waals surface area contributed by atoms with Crippen LogP contribution in [0.5, 0.6) is 0 Å². The van der Waals surface area contributed by atoms with E-state index in [4.69, 9.17) is 9.26 Å². The molecular formula is C13H11N3O2S2. The molecule has 0 aliphatic carbocycles. The Morgan fingerprint density at radius 3 is 3.05 bits per heavy atom. The molecule has 0 unspecified atom stereocenters. The van der Waals surface area contributed by atoms with Gasteiger partial charge in [-0.05, 0) is 17.9 Å². The van der Waals surface area contributed by atoms with Crippen LogP contribution in [-0.4, -0.2) is 28.3 Å². The zero-order valence-corrected chi connectivity index (χ0v) is 12.1. The van der Waals surface area contributed by atoms with E-state index in [2.05, 4.69) is 21.2 Å². The van der Waals surface area contributed by atoms with Gasteiger partial charge in [-0.2, -0.15) is 4.98 Å². The maximum atomic E-state index is 5.35. The van der Waals surface area contributed by atoms with Crippen molar-refractivity contribution in [3.05, 3.63) is 28.7 Å². The fourth-order valence-electron chi connectivity index (χ4n) is 2.13. The highest BCUT2D eigenvalue weighted by Crippen LogP contribution is 2.31. The zero-order valence-electron chi connectivity index (χ0n) is 10.5. The molecule has 1 atom stereocenters. The normalized spacial score (nSPS) is 18.7. The smallest absolute Gasteiger partial charge is 0.277 e. The number of ether oxygens (including phenoxy) is 1. The Morgan fingerprint density at radius 2 is 2.25 bits per heavy atom. The lowest BCUT2D eigenvalue weighted by Gasteiger charge is -1.97. The molecule has 0 amide bonds. The van der Waals surface area contributed by atoms with E-state index in [1.165, 1.54) is 0 Å². The second kappa shape index (κ2) is 5.08. The Labute approximate surface area is 123 Å². The number of aromatic nitrogens is 3. The Hall–Kier alpha value is -1.57. The summed E-state index contributed by atoms with van der Waals surface area (Å²) in [4.78, 5) is 10.2. The molecule has 1 aliphatic rings. The molecule has 7 heteroatoms. The Bertz CT molecular complexity index is 699. The SMILES string of the molecule is c1csc(-c2nc(-c3nc([C@H]4CCOC4)no3)cs2)c1. The van der Waals surface area contributed by atoms with E-state index in [0.29, 0.717) is 12.5 Å². The number of hydrogen-bond donors (Lipinski definition) is 0. The van der Waals surface area contributed by atoms with Gasteiger partial charge in [0.2, 0.25) is 0 Å². The van der Waals surface area contributed by atoms with E-state index in [0.717, 1.165) is 34.4 Å². The van der Waals surface area contributed by atoms with Gasteiger partial charge in [0.25, 0.3) is 5.89 Å². The predicted octanol–water partition coefficient (Wildman–Crippen LogP) is 3.43. The monoisotopic (exact) mass is 305 g/mol. The summed E-state index contributed by atoms with van der Waals surface area (Å²) in [6, 6.07) is 4.08. The molecule has 1 fully saturated rings. The number of nitrogens with zero attached hydrogens (tertiary/aromatic N) is 3. The number of hydrogen-bond acceptors (Lipinski definition) is 7. The van der Waals surface area contributed by atoms with Gasteiger partial charge in [-0.25, -0.2) is 4.98 Å². The zero-order chi connectivity index (χ0) is 13.4. The van der Waals surface area contributed by atoms with Crippen LogP contribution < -0.4 is 0 Å². The molecule has 3 aromatic rings. The van der Waals surface area contributed by atoms with Gasteiger partial charge < -0.3 is 9.26 Å². The van der Waals surface area contributed by atoms with E-state index in [1.54, 1.807) is 22.7 Å².